The van der Waals surface area contributed by atoms with Crippen molar-refractivity contribution >= 4 is 5.91 Å². The van der Waals surface area contributed by atoms with E-state index in [-0.39, 0.29) is 11.9 Å². The first-order valence-corrected chi connectivity index (χ1v) is 5.47. The number of pyridine rings is 1. The molecule has 1 aromatic heterocycles. The molecule has 16 heavy (non-hydrogen) atoms. The summed E-state index contributed by atoms with van der Waals surface area (Å²) in [6.45, 7) is 6.13. The minimum atomic E-state index is -0.576. The quantitative estimate of drug-likeness (QED) is 0.798. The maximum absolute atomic E-state index is 12.6. The van der Waals surface area contributed by atoms with Crippen LogP contribution in [0.15, 0.2) is 18.3 Å². The molecule has 1 rings (SSSR count). The fraction of sp³-hybridized carbons (Fsp3) is 0.500. The molecule has 0 fully saturated rings. The van der Waals surface area contributed by atoms with E-state index in [1.54, 1.807) is 0 Å². The van der Waals surface area contributed by atoms with Gasteiger partial charge >= 0.3 is 0 Å². The Balaban J connectivity index is 2.68. The second-order valence-corrected chi connectivity index (χ2v) is 4.10. The normalized spacial score (nSPS) is 12.6. The van der Waals surface area contributed by atoms with Gasteiger partial charge in [-0.1, -0.05) is 20.8 Å². The molecular weight excluding hydrogens is 207 g/mol. The van der Waals surface area contributed by atoms with E-state index in [2.05, 4.69) is 24.1 Å². The molecule has 0 aliphatic heterocycles. The summed E-state index contributed by atoms with van der Waals surface area (Å²) < 4.78 is 12.6. The van der Waals surface area contributed by atoms with Crippen LogP contribution in [0, 0.1) is 11.9 Å². The molecule has 88 valence electrons. The van der Waals surface area contributed by atoms with E-state index in [1.807, 2.05) is 6.92 Å². The second kappa shape index (κ2) is 5.58. The number of nitrogens with zero attached hydrogens (tertiary/aromatic N) is 1. The highest BCUT2D eigenvalue weighted by Crippen LogP contribution is 2.07. The standard InChI is InChI=1S/C12H17FN2O/c1-4-10(8(2)3)15-12(16)9-5-6-11(13)14-7-9/h5-8,10H,4H2,1-3H3,(H,15,16). The van der Waals surface area contributed by atoms with Crippen molar-refractivity contribution in [1.82, 2.24) is 10.3 Å². The number of hydrogen-bond acceptors (Lipinski definition) is 2. The van der Waals surface area contributed by atoms with Crippen LogP contribution in [0.5, 0.6) is 0 Å². The molecule has 0 radical (unpaired) electrons. The van der Waals surface area contributed by atoms with Crippen LogP contribution in [0.25, 0.3) is 0 Å². The first kappa shape index (κ1) is 12.6. The minimum absolute atomic E-state index is 0.137. The Morgan fingerprint density at radius 1 is 1.50 bits per heavy atom. The van der Waals surface area contributed by atoms with Crippen LogP contribution < -0.4 is 5.32 Å². The van der Waals surface area contributed by atoms with E-state index >= 15 is 0 Å². The van der Waals surface area contributed by atoms with Crippen molar-refractivity contribution in [3.8, 4) is 0 Å². The van der Waals surface area contributed by atoms with Gasteiger partial charge in [0, 0.05) is 12.2 Å². The zero-order chi connectivity index (χ0) is 12.1. The summed E-state index contributed by atoms with van der Waals surface area (Å²) in [6.07, 6.45) is 2.12. The molecule has 0 saturated heterocycles. The number of hydrogen-bond donors (Lipinski definition) is 1. The van der Waals surface area contributed by atoms with Crippen molar-refractivity contribution in [3.63, 3.8) is 0 Å². The van der Waals surface area contributed by atoms with Gasteiger partial charge in [0.1, 0.15) is 0 Å². The summed E-state index contributed by atoms with van der Waals surface area (Å²) in [5.74, 6) is -0.400. The van der Waals surface area contributed by atoms with Gasteiger partial charge in [-0.05, 0) is 24.5 Å². The fourth-order valence-electron chi connectivity index (χ4n) is 1.50. The molecule has 1 atom stereocenters. The molecule has 3 nitrogen and oxygen atoms in total. The van der Waals surface area contributed by atoms with Gasteiger partial charge in [-0.2, -0.15) is 4.39 Å². The van der Waals surface area contributed by atoms with E-state index in [1.165, 1.54) is 18.3 Å². The SMILES string of the molecule is CCC(NC(=O)c1ccc(F)nc1)C(C)C. The fourth-order valence-corrected chi connectivity index (χ4v) is 1.50. The van der Waals surface area contributed by atoms with E-state index in [9.17, 15) is 9.18 Å². The molecule has 0 aromatic carbocycles. The summed E-state index contributed by atoms with van der Waals surface area (Å²) in [4.78, 5) is 15.2. The predicted molar refractivity (Wildman–Crippen MR) is 60.6 cm³/mol. The third kappa shape index (κ3) is 3.29. The average molecular weight is 224 g/mol. The maximum Gasteiger partial charge on any atom is 0.253 e. The number of nitrogens with one attached hydrogen (secondary N) is 1. The van der Waals surface area contributed by atoms with E-state index in [4.69, 9.17) is 0 Å². The Labute approximate surface area is 95.1 Å². The number of amides is 1. The van der Waals surface area contributed by atoms with Crippen molar-refractivity contribution in [1.29, 1.82) is 0 Å². The molecule has 0 aliphatic rings. The number of aromatic nitrogens is 1. The summed E-state index contributed by atoms with van der Waals surface area (Å²) in [5, 5.41) is 2.90. The van der Waals surface area contributed by atoms with Gasteiger partial charge in [-0.15, -0.1) is 0 Å². The Morgan fingerprint density at radius 3 is 2.62 bits per heavy atom. The van der Waals surface area contributed by atoms with Crippen LogP contribution in [0.1, 0.15) is 37.6 Å². The highest BCUT2D eigenvalue weighted by molar-refractivity contribution is 5.94. The average Bonchev–Trinajstić information content (AvgIpc) is 2.26. The Bertz CT molecular complexity index is 349. The lowest BCUT2D eigenvalue weighted by Crippen LogP contribution is -2.38. The van der Waals surface area contributed by atoms with Crippen molar-refractivity contribution in [2.24, 2.45) is 5.92 Å². The minimum Gasteiger partial charge on any atom is -0.349 e. The smallest absolute Gasteiger partial charge is 0.253 e. The summed E-state index contributed by atoms with van der Waals surface area (Å²) in [5.41, 5.74) is 0.389. The van der Waals surface area contributed by atoms with Crippen LogP contribution >= 0.6 is 0 Å². The van der Waals surface area contributed by atoms with Crippen LogP contribution in [-0.4, -0.2) is 16.9 Å². The third-order valence-corrected chi connectivity index (χ3v) is 2.55. The molecule has 1 N–H and O–H groups in total. The third-order valence-electron chi connectivity index (χ3n) is 2.55. The molecule has 1 unspecified atom stereocenters. The van der Waals surface area contributed by atoms with Crippen molar-refractivity contribution in [2.45, 2.75) is 33.2 Å². The molecular formula is C12H17FN2O. The predicted octanol–water partition coefficient (Wildman–Crippen LogP) is 2.39. The number of halogens is 1. The van der Waals surface area contributed by atoms with E-state index in [0.717, 1.165) is 6.42 Å². The molecule has 1 amide bonds. The van der Waals surface area contributed by atoms with Gasteiger partial charge < -0.3 is 5.32 Å². The summed E-state index contributed by atoms with van der Waals surface area (Å²) >= 11 is 0. The monoisotopic (exact) mass is 224 g/mol. The zero-order valence-electron chi connectivity index (χ0n) is 9.83. The molecule has 1 aromatic rings. The van der Waals surface area contributed by atoms with Crippen LogP contribution in [0.4, 0.5) is 4.39 Å². The number of carbonyl (C=O) groups is 1. The maximum atomic E-state index is 12.6. The highest BCUT2D eigenvalue weighted by atomic mass is 19.1. The van der Waals surface area contributed by atoms with Crippen molar-refractivity contribution < 1.29 is 9.18 Å². The number of carbonyl (C=O) groups excluding carboxylic acids is 1. The van der Waals surface area contributed by atoms with E-state index in [0.29, 0.717) is 11.5 Å². The second-order valence-electron chi connectivity index (χ2n) is 4.10. The lowest BCUT2D eigenvalue weighted by Gasteiger charge is -2.20. The first-order valence-electron chi connectivity index (χ1n) is 5.47. The van der Waals surface area contributed by atoms with Gasteiger partial charge in [-0.25, -0.2) is 4.98 Å². The first-order chi connectivity index (χ1) is 7.54. The topological polar surface area (TPSA) is 42.0 Å². The van der Waals surface area contributed by atoms with E-state index < -0.39 is 5.95 Å². The Hall–Kier alpha value is -1.45. The molecule has 1 heterocycles. The number of rotatable bonds is 4. The Kier molecular flexibility index (Phi) is 4.40. The van der Waals surface area contributed by atoms with Gasteiger partial charge in [0.25, 0.3) is 5.91 Å². The molecule has 0 aliphatic carbocycles. The summed E-state index contributed by atoms with van der Waals surface area (Å²) in [7, 11) is 0. The van der Waals surface area contributed by atoms with Gasteiger partial charge in [-0.3, -0.25) is 4.79 Å². The van der Waals surface area contributed by atoms with Crippen LogP contribution in [0.2, 0.25) is 0 Å². The lowest BCUT2D eigenvalue weighted by molar-refractivity contribution is 0.0924. The molecule has 0 saturated carbocycles. The highest BCUT2D eigenvalue weighted by Gasteiger charge is 2.15. The molecule has 0 spiro atoms. The van der Waals surface area contributed by atoms with Crippen LogP contribution in [-0.2, 0) is 0 Å². The Morgan fingerprint density at radius 2 is 2.19 bits per heavy atom. The zero-order valence-corrected chi connectivity index (χ0v) is 9.83. The molecule has 4 heteroatoms. The summed E-state index contributed by atoms with van der Waals surface area (Å²) in [6, 6.07) is 2.76. The van der Waals surface area contributed by atoms with Crippen LogP contribution in [0.3, 0.4) is 0 Å². The lowest BCUT2D eigenvalue weighted by atomic mass is 10.0. The largest absolute Gasteiger partial charge is 0.349 e. The van der Waals surface area contributed by atoms with Crippen molar-refractivity contribution in [2.75, 3.05) is 0 Å². The molecule has 0 bridgehead atoms. The van der Waals surface area contributed by atoms with Gasteiger partial charge in [0.05, 0.1) is 5.56 Å². The van der Waals surface area contributed by atoms with Gasteiger partial charge in [0.2, 0.25) is 5.95 Å². The van der Waals surface area contributed by atoms with Crippen molar-refractivity contribution in [3.05, 3.63) is 29.8 Å². The van der Waals surface area contributed by atoms with Gasteiger partial charge in [0.15, 0.2) is 0 Å².